The third-order valence-corrected chi connectivity index (χ3v) is 5.78. The van der Waals surface area contributed by atoms with E-state index >= 15 is 0 Å². The Bertz CT molecular complexity index is 329. The van der Waals surface area contributed by atoms with Gasteiger partial charge in [0.1, 0.15) is 0 Å². The quantitative estimate of drug-likeness (QED) is 0.651. The van der Waals surface area contributed by atoms with Crippen molar-refractivity contribution < 1.29 is 13.2 Å². The van der Waals surface area contributed by atoms with Crippen molar-refractivity contribution in [2.75, 3.05) is 32.1 Å². The van der Waals surface area contributed by atoms with Gasteiger partial charge in [-0.2, -0.15) is 0 Å². The van der Waals surface area contributed by atoms with Gasteiger partial charge in [0.05, 0.1) is 10.5 Å². The Morgan fingerprint density at radius 3 is 2.44 bits per heavy atom. The first-order chi connectivity index (χ1) is 8.33. The van der Waals surface area contributed by atoms with Gasteiger partial charge in [-0.05, 0) is 52.5 Å². The third-order valence-electron chi connectivity index (χ3n) is 3.17. The summed E-state index contributed by atoms with van der Waals surface area (Å²) in [4.78, 5) is 0. The van der Waals surface area contributed by atoms with Gasteiger partial charge in [0, 0.05) is 19.8 Å². The average molecular weight is 277 g/mol. The third kappa shape index (κ3) is 6.16. The van der Waals surface area contributed by atoms with Gasteiger partial charge in [-0.25, -0.2) is 8.42 Å². The number of rotatable bonds is 9. The molecular formula is C13H27NO3S. The van der Waals surface area contributed by atoms with Gasteiger partial charge < -0.3 is 10.1 Å². The highest BCUT2D eigenvalue weighted by Gasteiger charge is 2.27. The van der Waals surface area contributed by atoms with Crippen LogP contribution in [0.3, 0.4) is 0 Å². The van der Waals surface area contributed by atoms with Crippen LogP contribution in [0.2, 0.25) is 0 Å². The largest absolute Gasteiger partial charge is 0.381 e. The summed E-state index contributed by atoms with van der Waals surface area (Å²) in [6.07, 6.45) is 3.59. The summed E-state index contributed by atoms with van der Waals surface area (Å²) in [7, 11) is -2.99. The molecule has 1 rings (SSSR count). The monoisotopic (exact) mass is 277 g/mol. The Morgan fingerprint density at radius 1 is 1.22 bits per heavy atom. The van der Waals surface area contributed by atoms with E-state index in [4.69, 9.17) is 4.74 Å². The van der Waals surface area contributed by atoms with Crippen molar-refractivity contribution in [3.8, 4) is 0 Å². The van der Waals surface area contributed by atoms with Crippen LogP contribution in [0.1, 0.15) is 40.0 Å². The Hall–Kier alpha value is -0.130. The smallest absolute Gasteiger partial charge is 0.156 e. The molecular weight excluding hydrogens is 250 g/mol. The minimum Gasteiger partial charge on any atom is -0.381 e. The molecule has 18 heavy (non-hydrogen) atoms. The standard InChI is InChI=1S/C13H27NO3S/c1-13(2,3)18(15,16)10-8-14-7-4-9-17-11-12-5-6-12/h12,14H,4-11H2,1-3H3. The van der Waals surface area contributed by atoms with Gasteiger partial charge in [-0.3, -0.25) is 0 Å². The summed E-state index contributed by atoms with van der Waals surface area (Å²) < 4.78 is 28.5. The van der Waals surface area contributed by atoms with Crippen LogP contribution in [0.25, 0.3) is 0 Å². The molecule has 0 aliphatic heterocycles. The first-order valence-electron chi connectivity index (χ1n) is 6.84. The zero-order chi connectivity index (χ0) is 13.6. The molecule has 0 aromatic carbocycles. The number of hydrogen-bond donors (Lipinski definition) is 1. The summed E-state index contributed by atoms with van der Waals surface area (Å²) in [5, 5.41) is 3.16. The van der Waals surface area contributed by atoms with Crippen molar-refractivity contribution in [3.05, 3.63) is 0 Å². The van der Waals surface area contributed by atoms with E-state index in [2.05, 4.69) is 5.32 Å². The number of sulfone groups is 1. The van der Waals surface area contributed by atoms with Crippen molar-refractivity contribution in [1.82, 2.24) is 5.32 Å². The summed E-state index contributed by atoms with van der Waals surface area (Å²) in [5.41, 5.74) is 0. The maximum Gasteiger partial charge on any atom is 0.156 e. The van der Waals surface area contributed by atoms with E-state index in [0.29, 0.717) is 6.54 Å². The fourth-order valence-corrected chi connectivity index (χ4v) is 2.50. The molecule has 0 aromatic rings. The lowest BCUT2D eigenvalue weighted by Gasteiger charge is -2.19. The van der Waals surface area contributed by atoms with Crippen LogP contribution < -0.4 is 5.32 Å². The highest BCUT2D eigenvalue weighted by Crippen LogP contribution is 2.28. The van der Waals surface area contributed by atoms with Gasteiger partial charge in [-0.15, -0.1) is 0 Å². The molecule has 0 unspecified atom stereocenters. The second kappa shape index (κ2) is 6.87. The van der Waals surface area contributed by atoms with Gasteiger partial charge in [0.25, 0.3) is 0 Å². The van der Waals surface area contributed by atoms with Crippen LogP contribution in [0.15, 0.2) is 0 Å². The molecule has 0 amide bonds. The van der Waals surface area contributed by atoms with Crippen LogP contribution in [0, 0.1) is 5.92 Å². The van der Waals surface area contributed by atoms with E-state index in [1.165, 1.54) is 12.8 Å². The first-order valence-corrected chi connectivity index (χ1v) is 8.49. The predicted molar refractivity (Wildman–Crippen MR) is 74.6 cm³/mol. The Kier molecular flexibility index (Phi) is 6.08. The zero-order valence-corrected chi connectivity index (χ0v) is 12.7. The Balaban J connectivity index is 1.94. The van der Waals surface area contributed by atoms with E-state index < -0.39 is 14.6 Å². The van der Waals surface area contributed by atoms with Gasteiger partial charge >= 0.3 is 0 Å². The van der Waals surface area contributed by atoms with Crippen LogP contribution in [0.5, 0.6) is 0 Å². The first kappa shape index (κ1) is 15.9. The number of hydrogen-bond acceptors (Lipinski definition) is 4. The van der Waals surface area contributed by atoms with Crippen LogP contribution >= 0.6 is 0 Å². The van der Waals surface area contributed by atoms with E-state index in [9.17, 15) is 8.42 Å². The molecule has 1 aliphatic rings. The minimum absolute atomic E-state index is 0.208. The van der Waals surface area contributed by atoms with Crippen LogP contribution in [0.4, 0.5) is 0 Å². The maximum absolute atomic E-state index is 11.8. The molecule has 4 nitrogen and oxygen atoms in total. The molecule has 1 fully saturated rings. The van der Waals surface area contributed by atoms with E-state index in [0.717, 1.165) is 32.1 Å². The molecule has 1 N–H and O–H groups in total. The molecule has 0 saturated heterocycles. The fourth-order valence-electron chi connectivity index (χ4n) is 1.47. The van der Waals surface area contributed by atoms with Crippen molar-refractivity contribution >= 4 is 9.84 Å². The SMILES string of the molecule is CC(C)(C)S(=O)(=O)CCNCCCOCC1CC1. The topological polar surface area (TPSA) is 55.4 Å². The van der Waals surface area contributed by atoms with Crippen LogP contribution in [-0.4, -0.2) is 45.2 Å². The van der Waals surface area contributed by atoms with E-state index in [-0.39, 0.29) is 5.75 Å². The molecule has 0 aromatic heterocycles. The Labute approximate surface area is 111 Å². The molecule has 1 aliphatic carbocycles. The van der Waals surface area contributed by atoms with Gasteiger partial charge in [-0.1, -0.05) is 0 Å². The summed E-state index contributed by atoms with van der Waals surface area (Å²) >= 11 is 0. The molecule has 0 atom stereocenters. The highest BCUT2D eigenvalue weighted by atomic mass is 32.2. The zero-order valence-electron chi connectivity index (χ0n) is 11.9. The lowest BCUT2D eigenvalue weighted by atomic mass is 10.3. The molecule has 0 spiro atoms. The second-order valence-electron chi connectivity index (χ2n) is 6.05. The normalized spacial score (nSPS) is 17.1. The molecule has 108 valence electrons. The summed E-state index contributed by atoms with van der Waals surface area (Å²) in [6, 6.07) is 0. The van der Waals surface area contributed by atoms with Gasteiger partial charge in [0.15, 0.2) is 9.84 Å². The fraction of sp³-hybridized carbons (Fsp3) is 1.00. The van der Waals surface area contributed by atoms with Crippen molar-refractivity contribution in [1.29, 1.82) is 0 Å². The van der Waals surface area contributed by atoms with Gasteiger partial charge in [0.2, 0.25) is 0 Å². The van der Waals surface area contributed by atoms with Crippen LogP contribution in [-0.2, 0) is 14.6 Å². The van der Waals surface area contributed by atoms with E-state index in [1.807, 2.05) is 0 Å². The molecule has 1 saturated carbocycles. The molecule has 5 heteroatoms. The number of ether oxygens (including phenoxy) is 1. The maximum atomic E-state index is 11.8. The second-order valence-corrected chi connectivity index (χ2v) is 8.92. The van der Waals surface area contributed by atoms with Crippen molar-refractivity contribution in [3.63, 3.8) is 0 Å². The highest BCUT2D eigenvalue weighted by molar-refractivity contribution is 7.92. The lowest BCUT2D eigenvalue weighted by Crippen LogP contribution is -2.35. The summed E-state index contributed by atoms with van der Waals surface area (Å²) in [5.74, 6) is 1.02. The molecule has 0 heterocycles. The summed E-state index contributed by atoms with van der Waals surface area (Å²) in [6.45, 7) is 8.26. The Morgan fingerprint density at radius 2 is 1.89 bits per heavy atom. The number of nitrogens with one attached hydrogen (secondary N) is 1. The lowest BCUT2D eigenvalue weighted by molar-refractivity contribution is 0.122. The van der Waals surface area contributed by atoms with Crippen molar-refractivity contribution in [2.45, 2.75) is 44.8 Å². The average Bonchev–Trinajstić information content (AvgIpc) is 3.04. The molecule has 0 radical (unpaired) electrons. The molecule has 0 bridgehead atoms. The minimum atomic E-state index is -2.99. The van der Waals surface area contributed by atoms with Crippen molar-refractivity contribution in [2.24, 2.45) is 5.92 Å². The van der Waals surface area contributed by atoms with E-state index in [1.54, 1.807) is 20.8 Å². The predicted octanol–water partition coefficient (Wildman–Crippen LogP) is 1.61.